The number of nitrogens with zero attached hydrogens (tertiary/aromatic N) is 3. The Hall–Kier alpha value is -2.02. The first kappa shape index (κ1) is 17.8. The van der Waals surface area contributed by atoms with Crippen LogP contribution in [0.5, 0.6) is 0 Å². The molecule has 134 valence electrons. The van der Waals surface area contributed by atoms with Gasteiger partial charge in [-0.05, 0) is 50.1 Å². The highest BCUT2D eigenvalue weighted by Crippen LogP contribution is 2.32. The van der Waals surface area contributed by atoms with Gasteiger partial charge >= 0.3 is 12.1 Å². The highest BCUT2D eigenvalue weighted by Gasteiger charge is 2.43. The molecule has 1 aromatic heterocycles. The standard InChI is InChI=1S/C17H17ClF3N3O/c1-11-10-15(24(22-11)14-4-2-13(18)3-5-14)12-6-8-23(9-7-12)16(25)17(19,20)21/h2-5,10,12H,6-9H2,1H3. The van der Waals surface area contributed by atoms with E-state index in [2.05, 4.69) is 5.10 Å². The van der Waals surface area contributed by atoms with Crippen molar-refractivity contribution >= 4 is 17.5 Å². The van der Waals surface area contributed by atoms with Gasteiger partial charge < -0.3 is 4.90 Å². The number of alkyl halides is 3. The number of carbonyl (C=O) groups excluding carboxylic acids is 1. The number of hydrogen-bond acceptors (Lipinski definition) is 2. The average molecular weight is 372 g/mol. The molecule has 1 aromatic carbocycles. The summed E-state index contributed by atoms with van der Waals surface area (Å²) in [5.74, 6) is -1.71. The molecule has 8 heteroatoms. The molecule has 2 heterocycles. The minimum Gasteiger partial charge on any atom is -0.335 e. The van der Waals surface area contributed by atoms with Crippen LogP contribution in [0, 0.1) is 6.92 Å². The molecule has 2 aromatic rings. The largest absolute Gasteiger partial charge is 0.471 e. The Kier molecular flexibility index (Phi) is 4.77. The number of hydrogen-bond donors (Lipinski definition) is 0. The van der Waals surface area contributed by atoms with Crippen molar-refractivity contribution in [3.8, 4) is 5.69 Å². The van der Waals surface area contributed by atoms with E-state index in [1.165, 1.54) is 0 Å². The van der Waals surface area contributed by atoms with Gasteiger partial charge in [-0.25, -0.2) is 4.68 Å². The maximum atomic E-state index is 12.6. The molecular weight excluding hydrogens is 355 g/mol. The third-order valence-electron chi connectivity index (χ3n) is 4.37. The van der Waals surface area contributed by atoms with Crippen molar-refractivity contribution in [3.05, 3.63) is 46.7 Å². The number of aromatic nitrogens is 2. The number of halogens is 4. The number of piperidine rings is 1. The van der Waals surface area contributed by atoms with Crippen molar-refractivity contribution in [1.29, 1.82) is 0 Å². The quantitative estimate of drug-likeness (QED) is 0.797. The Morgan fingerprint density at radius 1 is 1.20 bits per heavy atom. The van der Waals surface area contributed by atoms with Crippen molar-refractivity contribution in [3.63, 3.8) is 0 Å². The zero-order chi connectivity index (χ0) is 18.2. The molecule has 1 aliphatic heterocycles. The molecule has 0 N–H and O–H groups in total. The third-order valence-corrected chi connectivity index (χ3v) is 4.63. The third kappa shape index (κ3) is 3.81. The van der Waals surface area contributed by atoms with Crippen molar-refractivity contribution in [2.24, 2.45) is 0 Å². The Balaban J connectivity index is 1.78. The van der Waals surface area contributed by atoms with Crippen LogP contribution in [-0.2, 0) is 4.79 Å². The molecule has 1 amide bonds. The fraction of sp³-hybridized carbons (Fsp3) is 0.412. The number of amides is 1. The van der Waals surface area contributed by atoms with Crippen LogP contribution in [-0.4, -0.2) is 39.9 Å². The molecule has 1 saturated heterocycles. The van der Waals surface area contributed by atoms with E-state index in [0.29, 0.717) is 17.9 Å². The van der Waals surface area contributed by atoms with Crippen molar-refractivity contribution < 1.29 is 18.0 Å². The second-order valence-corrected chi connectivity index (χ2v) is 6.60. The molecule has 0 bridgehead atoms. The van der Waals surface area contributed by atoms with Crippen LogP contribution in [0.25, 0.3) is 5.69 Å². The van der Waals surface area contributed by atoms with Gasteiger partial charge in [-0.1, -0.05) is 11.6 Å². The summed E-state index contributed by atoms with van der Waals surface area (Å²) in [6.45, 7) is 2.06. The van der Waals surface area contributed by atoms with E-state index < -0.39 is 12.1 Å². The minimum absolute atomic E-state index is 0.0501. The maximum Gasteiger partial charge on any atom is 0.471 e. The number of carbonyl (C=O) groups is 1. The highest BCUT2D eigenvalue weighted by atomic mass is 35.5. The van der Waals surface area contributed by atoms with Crippen LogP contribution in [0.3, 0.4) is 0 Å². The normalized spacial score (nSPS) is 16.3. The summed E-state index contributed by atoms with van der Waals surface area (Å²) in [5.41, 5.74) is 2.62. The first-order valence-corrected chi connectivity index (χ1v) is 8.32. The van der Waals surface area contributed by atoms with E-state index in [1.807, 2.05) is 25.1 Å². The van der Waals surface area contributed by atoms with E-state index in [1.54, 1.807) is 16.8 Å². The second kappa shape index (κ2) is 6.71. The average Bonchev–Trinajstić information content (AvgIpc) is 2.96. The monoisotopic (exact) mass is 371 g/mol. The molecule has 0 aliphatic carbocycles. The summed E-state index contributed by atoms with van der Waals surface area (Å²) in [6, 6.07) is 9.17. The van der Waals surface area contributed by atoms with E-state index in [4.69, 9.17) is 11.6 Å². The molecule has 0 spiro atoms. The summed E-state index contributed by atoms with van der Waals surface area (Å²) < 4.78 is 39.5. The highest BCUT2D eigenvalue weighted by molar-refractivity contribution is 6.30. The first-order valence-electron chi connectivity index (χ1n) is 7.94. The number of aryl methyl sites for hydroxylation is 1. The fourth-order valence-electron chi connectivity index (χ4n) is 3.16. The summed E-state index contributed by atoms with van der Waals surface area (Å²) >= 11 is 5.92. The number of rotatable bonds is 2. The van der Waals surface area contributed by atoms with Gasteiger partial charge in [-0.15, -0.1) is 0 Å². The molecule has 1 aliphatic rings. The SMILES string of the molecule is Cc1cc(C2CCN(C(=O)C(F)(F)F)CC2)n(-c2ccc(Cl)cc2)n1. The predicted octanol–water partition coefficient (Wildman–Crippen LogP) is 4.10. The minimum atomic E-state index is -4.81. The van der Waals surface area contributed by atoms with Crippen molar-refractivity contribution in [2.75, 3.05) is 13.1 Å². The summed E-state index contributed by atoms with van der Waals surface area (Å²) in [6.07, 6.45) is -3.87. The van der Waals surface area contributed by atoms with Crippen LogP contribution in [0.4, 0.5) is 13.2 Å². The second-order valence-electron chi connectivity index (χ2n) is 6.16. The lowest BCUT2D eigenvalue weighted by molar-refractivity contribution is -0.186. The fourth-order valence-corrected chi connectivity index (χ4v) is 3.28. The Labute approximate surface area is 148 Å². The summed E-state index contributed by atoms with van der Waals surface area (Å²) in [7, 11) is 0. The van der Waals surface area contributed by atoms with Gasteiger partial charge in [-0.2, -0.15) is 18.3 Å². The maximum absolute atomic E-state index is 12.6. The van der Waals surface area contributed by atoms with Crippen LogP contribution >= 0.6 is 11.6 Å². The predicted molar refractivity (Wildman–Crippen MR) is 87.9 cm³/mol. The lowest BCUT2D eigenvalue weighted by Gasteiger charge is -2.32. The number of likely N-dealkylation sites (tertiary alicyclic amines) is 1. The van der Waals surface area contributed by atoms with Crippen LogP contribution < -0.4 is 0 Å². The van der Waals surface area contributed by atoms with Crippen molar-refractivity contribution in [1.82, 2.24) is 14.7 Å². The zero-order valence-corrected chi connectivity index (χ0v) is 14.3. The Bertz CT molecular complexity index is 762. The topological polar surface area (TPSA) is 38.1 Å². The van der Waals surface area contributed by atoms with Gasteiger partial charge in [0.2, 0.25) is 0 Å². The first-order chi connectivity index (χ1) is 11.8. The Morgan fingerprint density at radius 3 is 2.36 bits per heavy atom. The molecule has 25 heavy (non-hydrogen) atoms. The molecule has 0 atom stereocenters. The van der Waals surface area contributed by atoms with Gasteiger partial charge in [0, 0.05) is 29.7 Å². The lowest BCUT2D eigenvalue weighted by Crippen LogP contribution is -2.45. The molecular formula is C17H17ClF3N3O. The molecule has 3 rings (SSSR count). The van der Waals surface area contributed by atoms with Gasteiger partial charge in [0.1, 0.15) is 0 Å². The molecule has 1 fully saturated rings. The van der Waals surface area contributed by atoms with E-state index >= 15 is 0 Å². The lowest BCUT2D eigenvalue weighted by atomic mass is 9.93. The smallest absolute Gasteiger partial charge is 0.335 e. The summed E-state index contributed by atoms with van der Waals surface area (Å²) in [4.78, 5) is 12.2. The molecule has 0 radical (unpaired) electrons. The van der Waals surface area contributed by atoms with E-state index in [9.17, 15) is 18.0 Å². The zero-order valence-electron chi connectivity index (χ0n) is 13.6. The van der Waals surface area contributed by atoms with Crippen LogP contribution in [0.2, 0.25) is 5.02 Å². The van der Waals surface area contributed by atoms with Gasteiger partial charge in [0.15, 0.2) is 0 Å². The van der Waals surface area contributed by atoms with E-state index in [0.717, 1.165) is 22.0 Å². The van der Waals surface area contributed by atoms with Crippen LogP contribution in [0.15, 0.2) is 30.3 Å². The summed E-state index contributed by atoms with van der Waals surface area (Å²) in [5, 5.41) is 5.11. The molecule has 0 saturated carbocycles. The molecule has 0 unspecified atom stereocenters. The van der Waals surface area contributed by atoms with E-state index in [-0.39, 0.29) is 19.0 Å². The van der Waals surface area contributed by atoms with Gasteiger partial charge in [-0.3, -0.25) is 4.79 Å². The number of benzene rings is 1. The van der Waals surface area contributed by atoms with Gasteiger partial charge in [0.05, 0.1) is 11.4 Å². The Morgan fingerprint density at radius 2 is 1.80 bits per heavy atom. The molecule has 4 nitrogen and oxygen atoms in total. The van der Waals surface area contributed by atoms with Gasteiger partial charge in [0.25, 0.3) is 0 Å². The van der Waals surface area contributed by atoms with Crippen molar-refractivity contribution in [2.45, 2.75) is 31.9 Å². The van der Waals surface area contributed by atoms with Crippen LogP contribution in [0.1, 0.15) is 30.1 Å².